The molecule has 0 N–H and O–H groups in total. The smallest absolute Gasteiger partial charge is 0.226 e. The van der Waals surface area contributed by atoms with Crippen LogP contribution in [0.5, 0.6) is 0 Å². The number of hydrogen-bond acceptors (Lipinski definition) is 2. The number of thiophene rings is 1. The third-order valence-corrected chi connectivity index (χ3v) is 5.63. The van der Waals surface area contributed by atoms with Gasteiger partial charge in [0.1, 0.15) is 0 Å². The molecule has 3 saturated carbocycles. The van der Waals surface area contributed by atoms with E-state index in [-0.39, 0.29) is 0 Å². The van der Waals surface area contributed by atoms with Crippen LogP contribution in [-0.4, -0.2) is 16.8 Å². The summed E-state index contributed by atoms with van der Waals surface area (Å²) in [6, 6.07) is 2.71. The lowest BCUT2D eigenvalue weighted by molar-refractivity contribution is -0.134. The van der Waals surface area contributed by atoms with E-state index in [1.165, 1.54) is 37.7 Å². The summed E-state index contributed by atoms with van der Waals surface area (Å²) < 4.78 is 0. The molecule has 0 bridgehead atoms. The van der Waals surface area contributed by atoms with E-state index >= 15 is 0 Å². The van der Waals surface area contributed by atoms with Crippen LogP contribution in [0, 0.1) is 17.8 Å². The molecule has 1 unspecified atom stereocenters. The van der Waals surface area contributed by atoms with E-state index in [9.17, 15) is 4.79 Å². The van der Waals surface area contributed by atoms with Crippen LogP contribution in [0.2, 0.25) is 0 Å². The molecule has 1 heterocycles. The lowest BCUT2D eigenvalue weighted by Gasteiger charge is -2.23. The summed E-state index contributed by atoms with van der Waals surface area (Å²) in [6.07, 6.45) is 6.40. The molecule has 4 rings (SSSR count). The van der Waals surface area contributed by atoms with Gasteiger partial charge in [-0.3, -0.25) is 4.79 Å². The maximum absolute atomic E-state index is 12.7. The summed E-state index contributed by atoms with van der Waals surface area (Å²) in [5, 5.41) is 4.28. The first-order valence-corrected chi connectivity index (χ1v) is 8.10. The van der Waals surface area contributed by atoms with Crippen molar-refractivity contribution in [3.63, 3.8) is 0 Å². The highest BCUT2D eigenvalue weighted by atomic mass is 32.1. The summed E-state index contributed by atoms with van der Waals surface area (Å²) in [4.78, 5) is 14.8. The van der Waals surface area contributed by atoms with Crippen LogP contribution < -0.4 is 0 Å². The van der Waals surface area contributed by atoms with E-state index in [1.54, 1.807) is 11.3 Å². The van der Waals surface area contributed by atoms with E-state index < -0.39 is 0 Å². The monoisotopic (exact) mass is 261 g/mol. The minimum Gasteiger partial charge on any atom is -0.335 e. The molecule has 2 nitrogen and oxygen atoms in total. The molecule has 0 saturated heterocycles. The number of carbonyl (C=O) groups excluding carboxylic acids is 1. The highest BCUT2D eigenvalue weighted by Crippen LogP contribution is 2.58. The molecular formula is C15H19NOS. The van der Waals surface area contributed by atoms with E-state index in [2.05, 4.69) is 21.7 Å². The van der Waals surface area contributed by atoms with Gasteiger partial charge in [-0.15, -0.1) is 0 Å². The highest BCUT2D eigenvalue weighted by molar-refractivity contribution is 7.07. The minimum atomic E-state index is 0.401. The maximum Gasteiger partial charge on any atom is 0.226 e. The second-order valence-electron chi connectivity index (χ2n) is 6.11. The summed E-state index contributed by atoms with van der Waals surface area (Å²) in [5.74, 6) is 2.37. The third-order valence-electron chi connectivity index (χ3n) is 4.90. The van der Waals surface area contributed by atoms with Gasteiger partial charge in [-0.2, -0.15) is 11.3 Å². The number of rotatable bonds is 4. The van der Waals surface area contributed by atoms with Gasteiger partial charge in [-0.1, -0.05) is 6.42 Å². The van der Waals surface area contributed by atoms with Gasteiger partial charge < -0.3 is 4.90 Å². The molecule has 3 aliphatic carbocycles. The van der Waals surface area contributed by atoms with Crippen molar-refractivity contribution >= 4 is 17.2 Å². The van der Waals surface area contributed by atoms with Crippen molar-refractivity contribution in [3.05, 3.63) is 22.4 Å². The SMILES string of the molecule is O=C(C1[C@H]2CCC[C@@H]12)N(Cc1ccsc1)C1CC1. The average molecular weight is 261 g/mol. The summed E-state index contributed by atoms with van der Waals surface area (Å²) in [7, 11) is 0. The lowest BCUT2D eigenvalue weighted by Crippen LogP contribution is -2.34. The Morgan fingerprint density at radius 1 is 1.28 bits per heavy atom. The Morgan fingerprint density at radius 3 is 2.67 bits per heavy atom. The Bertz CT molecular complexity index is 441. The Hall–Kier alpha value is -0.830. The molecule has 1 aromatic rings. The molecule has 3 heteroatoms. The van der Waals surface area contributed by atoms with Crippen molar-refractivity contribution in [2.75, 3.05) is 0 Å². The largest absolute Gasteiger partial charge is 0.335 e. The van der Waals surface area contributed by atoms with Gasteiger partial charge >= 0.3 is 0 Å². The van der Waals surface area contributed by atoms with Crippen molar-refractivity contribution in [3.8, 4) is 0 Å². The second-order valence-corrected chi connectivity index (χ2v) is 6.89. The van der Waals surface area contributed by atoms with Crippen LogP contribution in [-0.2, 0) is 11.3 Å². The van der Waals surface area contributed by atoms with Crippen molar-refractivity contribution in [1.29, 1.82) is 0 Å². The quantitative estimate of drug-likeness (QED) is 0.814. The standard InChI is InChI=1S/C15H19NOS/c17-15(14-12-2-1-3-13(12)14)16(11-4-5-11)8-10-6-7-18-9-10/h6-7,9,11-14H,1-5,8H2/t12-,13+,14?. The molecule has 0 aromatic carbocycles. The predicted octanol–water partition coefficient (Wildman–Crippen LogP) is 3.29. The van der Waals surface area contributed by atoms with Crippen molar-refractivity contribution in [2.45, 2.75) is 44.7 Å². The van der Waals surface area contributed by atoms with Gasteiger partial charge in [-0.25, -0.2) is 0 Å². The fourth-order valence-corrected chi connectivity index (χ4v) is 4.39. The first-order chi connectivity index (χ1) is 8.84. The molecule has 1 amide bonds. The molecule has 96 valence electrons. The first-order valence-electron chi connectivity index (χ1n) is 7.16. The topological polar surface area (TPSA) is 20.3 Å². The fraction of sp³-hybridized carbons (Fsp3) is 0.667. The molecule has 3 aliphatic rings. The van der Waals surface area contributed by atoms with Crippen LogP contribution in [0.3, 0.4) is 0 Å². The van der Waals surface area contributed by atoms with Gasteiger partial charge in [0.15, 0.2) is 0 Å². The predicted molar refractivity (Wildman–Crippen MR) is 72.2 cm³/mol. The number of fused-ring (bicyclic) bond motifs is 1. The van der Waals surface area contributed by atoms with E-state index in [4.69, 9.17) is 0 Å². The first kappa shape index (κ1) is 11.0. The van der Waals surface area contributed by atoms with Crippen LogP contribution in [0.25, 0.3) is 0 Å². The van der Waals surface area contributed by atoms with Crippen molar-refractivity contribution in [1.82, 2.24) is 4.90 Å². The molecule has 0 radical (unpaired) electrons. The Labute approximate surface area is 112 Å². The second kappa shape index (κ2) is 4.09. The van der Waals surface area contributed by atoms with E-state index in [0.29, 0.717) is 17.9 Å². The Balaban J connectivity index is 1.47. The zero-order valence-electron chi connectivity index (χ0n) is 10.5. The van der Waals surface area contributed by atoms with Crippen LogP contribution >= 0.6 is 11.3 Å². The molecular weight excluding hydrogens is 242 g/mol. The van der Waals surface area contributed by atoms with Gasteiger partial charge in [0.2, 0.25) is 5.91 Å². The zero-order valence-corrected chi connectivity index (χ0v) is 11.4. The highest BCUT2D eigenvalue weighted by Gasteiger charge is 2.58. The van der Waals surface area contributed by atoms with Crippen LogP contribution in [0.4, 0.5) is 0 Å². The zero-order chi connectivity index (χ0) is 12.1. The molecule has 0 spiro atoms. The number of carbonyl (C=O) groups is 1. The van der Waals surface area contributed by atoms with Crippen molar-refractivity contribution in [2.24, 2.45) is 17.8 Å². The Morgan fingerprint density at radius 2 is 2.06 bits per heavy atom. The third kappa shape index (κ3) is 1.80. The fourth-order valence-electron chi connectivity index (χ4n) is 3.73. The lowest BCUT2D eigenvalue weighted by atomic mass is 10.1. The normalized spacial score (nSPS) is 33.2. The van der Waals surface area contributed by atoms with E-state index in [0.717, 1.165) is 18.4 Å². The maximum atomic E-state index is 12.7. The van der Waals surface area contributed by atoms with Gasteiger partial charge in [0.25, 0.3) is 0 Å². The molecule has 1 aromatic heterocycles. The number of amides is 1. The minimum absolute atomic E-state index is 0.401. The number of nitrogens with zero attached hydrogens (tertiary/aromatic N) is 1. The number of hydrogen-bond donors (Lipinski definition) is 0. The van der Waals surface area contributed by atoms with Crippen LogP contribution in [0.1, 0.15) is 37.7 Å². The summed E-state index contributed by atoms with van der Waals surface area (Å²) in [6.45, 7) is 0.850. The van der Waals surface area contributed by atoms with Crippen LogP contribution in [0.15, 0.2) is 16.8 Å². The van der Waals surface area contributed by atoms with E-state index in [1.807, 2.05) is 0 Å². The summed E-state index contributed by atoms with van der Waals surface area (Å²) >= 11 is 1.73. The van der Waals surface area contributed by atoms with Crippen molar-refractivity contribution < 1.29 is 4.79 Å². The van der Waals surface area contributed by atoms with Gasteiger partial charge in [-0.05, 0) is 59.9 Å². The molecule has 0 aliphatic heterocycles. The average Bonchev–Trinajstić information content (AvgIpc) is 3.22. The molecule has 3 fully saturated rings. The summed E-state index contributed by atoms with van der Waals surface area (Å²) in [5.41, 5.74) is 1.31. The van der Waals surface area contributed by atoms with Gasteiger partial charge in [0.05, 0.1) is 0 Å². The Kier molecular flexibility index (Phi) is 2.51. The molecule has 3 atom stereocenters. The molecule has 18 heavy (non-hydrogen) atoms. The van der Waals surface area contributed by atoms with Gasteiger partial charge in [0, 0.05) is 18.5 Å².